The Bertz CT molecular complexity index is 2580. The topological polar surface area (TPSA) is 68.9 Å². The van der Waals surface area contributed by atoms with Crippen LogP contribution < -0.4 is 20.2 Å². The number of allylic oxidation sites excluding steroid dienone is 5. The summed E-state index contributed by atoms with van der Waals surface area (Å²) in [5.74, 6) is 1.00. The minimum Gasteiger partial charge on any atom is -0.496 e. The molecular formula is C45H44N4O4S. The fourth-order valence-corrected chi connectivity index (χ4v) is 9.16. The third-order valence-electron chi connectivity index (χ3n) is 11.2. The number of carbonyl (C=O) groups excluding carboxylic acids is 2. The van der Waals surface area contributed by atoms with Gasteiger partial charge in [0.25, 0.3) is 11.8 Å². The van der Waals surface area contributed by atoms with E-state index in [-0.39, 0.29) is 22.5 Å². The van der Waals surface area contributed by atoms with Gasteiger partial charge in [-0.3, -0.25) is 19.4 Å². The molecule has 2 aromatic heterocycles. The number of thiocarbonyl (C=S) groups is 1. The Balaban J connectivity index is 1.38. The lowest BCUT2D eigenvalue weighted by Crippen LogP contribution is -2.56. The summed E-state index contributed by atoms with van der Waals surface area (Å²) in [6, 6.07) is 20.9. The van der Waals surface area contributed by atoms with Crippen molar-refractivity contribution in [1.29, 1.82) is 0 Å². The summed E-state index contributed by atoms with van der Waals surface area (Å²) in [5.41, 5.74) is 5.07. The highest BCUT2D eigenvalue weighted by molar-refractivity contribution is 7.80. The number of aryl methyl sites for hydroxylation is 2. The van der Waals surface area contributed by atoms with Crippen LogP contribution in [0.25, 0.3) is 55.5 Å². The van der Waals surface area contributed by atoms with Gasteiger partial charge in [-0.05, 0) is 106 Å². The van der Waals surface area contributed by atoms with Gasteiger partial charge in [0.2, 0.25) is 0 Å². The van der Waals surface area contributed by atoms with Gasteiger partial charge < -0.3 is 18.6 Å². The monoisotopic (exact) mass is 736 g/mol. The number of rotatable bonds is 8. The smallest absolute Gasteiger partial charge is 0.266 e. The van der Waals surface area contributed by atoms with E-state index >= 15 is 0 Å². The fourth-order valence-electron chi connectivity index (χ4n) is 8.74. The van der Waals surface area contributed by atoms with Crippen LogP contribution in [-0.4, -0.2) is 63.2 Å². The zero-order valence-electron chi connectivity index (χ0n) is 31.7. The predicted octanol–water partition coefficient (Wildman–Crippen LogP) is 7.60. The van der Waals surface area contributed by atoms with E-state index in [1.54, 1.807) is 24.0 Å². The lowest BCUT2D eigenvalue weighted by atomic mass is 9.95. The second-order valence-electron chi connectivity index (χ2n) is 13.6. The first-order chi connectivity index (χ1) is 26.3. The lowest BCUT2D eigenvalue weighted by molar-refractivity contribution is -0.133. The van der Waals surface area contributed by atoms with Crippen molar-refractivity contribution >= 4 is 84.6 Å². The SMILES string of the molecule is CCN1C(=O)C(=C2/C(=C/C=c3\c4cccc5c(OC)ccc(c54)n3CC)CC/C2=C\C=c2/c3cccc4c(OC)ccc(c43)n2CC)C(=O)N(CC)C1=S. The maximum absolute atomic E-state index is 14.3. The van der Waals surface area contributed by atoms with Gasteiger partial charge in [0.15, 0.2) is 5.11 Å². The molecule has 0 unspecified atom stereocenters. The molecule has 54 heavy (non-hydrogen) atoms. The molecule has 2 amide bonds. The predicted molar refractivity (Wildman–Crippen MR) is 223 cm³/mol. The second-order valence-corrected chi connectivity index (χ2v) is 14.0. The third kappa shape index (κ3) is 5.20. The van der Waals surface area contributed by atoms with Gasteiger partial charge >= 0.3 is 0 Å². The molecule has 6 aromatic rings. The lowest BCUT2D eigenvalue weighted by Gasteiger charge is -2.36. The van der Waals surface area contributed by atoms with Gasteiger partial charge in [0, 0.05) is 80.2 Å². The molecule has 1 saturated heterocycles. The Morgan fingerprint density at radius 3 is 1.39 bits per heavy atom. The van der Waals surface area contributed by atoms with Crippen LogP contribution >= 0.6 is 12.2 Å². The fraction of sp³-hybridized carbons (Fsp3) is 0.267. The quantitative estimate of drug-likeness (QED) is 0.0916. The number of hydrogen-bond donors (Lipinski definition) is 0. The van der Waals surface area contributed by atoms with Gasteiger partial charge in [-0.1, -0.05) is 48.6 Å². The van der Waals surface area contributed by atoms with Crippen molar-refractivity contribution in [2.24, 2.45) is 0 Å². The van der Waals surface area contributed by atoms with Gasteiger partial charge in [0.1, 0.15) is 17.1 Å². The standard InChI is InChI=1S/C45H44N4O4S/c1-7-46-33(29-13-11-15-31-37(52-5)25-23-35(46)40(29)31)21-19-27-17-18-28(39(27)42-43(50)48(9-3)45(54)49(10-4)44(42)51)20-22-34-30-14-12-16-32-38(53-6)26-24-36(41(30)32)47(34)8-2/h11-16,19-26H,7-10,17-18H2,1-6H3/b27-19+,28-20+,33-21+,34-22+. The molecule has 1 aliphatic carbocycles. The first kappa shape index (κ1) is 35.4. The van der Waals surface area contributed by atoms with E-state index in [2.05, 4.69) is 95.8 Å². The summed E-state index contributed by atoms with van der Waals surface area (Å²) in [5, 5.41) is 9.12. The van der Waals surface area contributed by atoms with Crippen LogP contribution in [0.2, 0.25) is 0 Å². The van der Waals surface area contributed by atoms with Crippen molar-refractivity contribution in [1.82, 2.24) is 18.9 Å². The van der Waals surface area contributed by atoms with Crippen molar-refractivity contribution in [3.05, 3.63) is 106 Å². The third-order valence-corrected chi connectivity index (χ3v) is 11.6. The molecule has 2 fully saturated rings. The molecule has 0 bridgehead atoms. The van der Waals surface area contributed by atoms with Crippen LogP contribution in [0.3, 0.4) is 0 Å². The Labute approximate surface area is 319 Å². The molecule has 3 heterocycles. The number of aromatic nitrogens is 2. The van der Waals surface area contributed by atoms with Crippen molar-refractivity contribution in [3.63, 3.8) is 0 Å². The molecule has 8 rings (SSSR count). The first-order valence-corrected chi connectivity index (χ1v) is 19.2. The normalized spacial score (nSPS) is 17.9. The van der Waals surface area contributed by atoms with Crippen molar-refractivity contribution < 1.29 is 19.1 Å². The van der Waals surface area contributed by atoms with Crippen molar-refractivity contribution in [2.45, 2.75) is 53.6 Å². The number of hydrogen-bond acceptors (Lipinski definition) is 5. The highest BCUT2D eigenvalue weighted by Crippen LogP contribution is 2.41. The number of carbonyl (C=O) groups is 2. The van der Waals surface area contributed by atoms with E-state index < -0.39 is 0 Å². The highest BCUT2D eigenvalue weighted by Gasteiger charge is 2.42. The maximum Gasteiger partial charge on any atom is 0.266 e. The molecule has 1 aliphatic heterocycles. The van der Waals surface area contributed by atoms with Gasteiger partial charge in [0.05, 0.1) is 14.2 Å². The van der Waals surface area contributed by atoms with Crippen LogP contribution in [0.1, 0.15) is 40.5 Å². The summed E-state index contributed by atoms with van der Waals surface area (Å²) >= 11 is 5.66. The van der Waals surface area contributed by atoms with E-state index in [4.69, 9.17) is 21.7 Å². The summed E-state index contributed by atoms with van der Waals surface area (Å²) in [6.07, 6.45) is 9.91. The van der Waals surface area contributed by atoms with Crippen LogP contribution in [-0.2, 0) is 22.7 Å². The Hall–Kier alpha value is -5.67. The summed E-state index contributed by atoms with van der Waals surface area (Å²) in [7, 11) is 3.41. The largest absolute Gasteiger partial charge is 0.496 e. The average Bonchev–Trinajstić information content (AvgIpc) is 3.84. The number of ether oxygens (including phenoxy) is 2. The molecular weight excluding hydrogens is 693 g/mol. The number of amides is 2. The molecule has 0 atom stereocenters. The maximum atomic E-state index is 14.3. The summed E-state index contributed by atoms with van der Waals surface area (Å²) in [4.78, 5) is 31.7. The Kier molecular flexibility index (Phi) is 9.14. The van der Waals surface area contributed by atoms with Crippen molar-refractivity contribution in [3.8, 4) is 11.5 Å². The van der Waals surface area contributed by atoms with Crippen LogP contribution in [0.4, 0.5) is 0 Å². The molecule has 0 spiro atoms. The average molecular weight is 737 g/mol. The molecule has 4 aromatic carbocycles. The van der Waals surface area contributed by atoms with E-state index in [1.807, 2.05) is 26.0 Å². The van der Waals surface area contributed by atoms with E-state index in [9.17, 15) is 9.59 Å². The number of methoxy groups -OCH3 is 2. The minimum atomic E-state index is -0.341. The van der Waals surface area contributed by atoms with Gasteiger partial charge in [-0.2, -0.15) is 0 Å². The molecule has 1 saturated carbocycles. The molecule has 9 heteroatoms. The summed E-state index contributed by atoms with van der Waals surface area (Å²) in [6.45, 7) is 10.4. The van der Waals surface area contributed by atoms with E-state index in [1.165, 1.54) is 0 Å². The van der Waals surface area contributed by atoms with Crippen LogP contribution in [0.5, 0.6) is 11.5 Å². The van der Waals surface area contributed by atoms with E-state index in [0.717, 1.165) is 89.8 Å². The second kappa shape index (κ2) is 14.0. The first-order valence-electron chi connectivity index (χ1n) is 18.8. The van der Waals surface area contributed by atoms with Crippen LogP contribution in [0.15, 0.2) is 95.1 Å². The number of likely N-dealkylation sites (N-methyl/N-ethyl adjacent to an activating group) is 2. The van der Waals surface area contributed by atoms with Crippen LogP contribution in [0, 0.1) is 0 Å². The Morgan fingerprint density at radius 2 is 1.00 bits per heavy atom. The number of nitrogens with zero attached hydrogens (tertiary/aromatic N) is 4. The number of benzene rings is 4. The zero-order chi connectivity index (χ0) is 37.8. The Morgan fingerprint density at radius 1 is 0.574 bits per heavy atom. The molecule has 8 nitrogen and oxygen atoms in total. The molecule has 0 N–H and O–H groups in total. The minimum absolute atomic E-state index is 0.182. The van der Waals surface area contributed by atoms with Gasteiger partial charge in [-0.15, -0.1) is 0 Å². The van der Waals surface area contributed by atoms with Gasteiger partial charge in [-0.25, -0.2) is 0 Å². The van der Waals surface area contributed by atoms with Crippen molar-refractivity contribution in [2.75, 3.05) is 27.3 Å². The molecule has 2 aliphatic rings. The summed E-state index contributed by atoms with van der Waals surface area (Å²) < 4.78 is 16.1. The van der Waals surface area contributed by atoms with E-state index in [0.29, 0.717) is 31.5 Å². The highest BCUT2D eigenvalue weighted by atomic mass is 32.1. The molecule has 274 valence electrons. The zero-order valence-corrected chi connectivity index (χ0v) is 32.5. The molecule has 0 radical (unpaired) electrons.